The Balaban J connectivity index is 1.77. The van der Waals surface area contributed by atoms with E-state index in [1.807, 2.05) is 0 Å². The number of nitrogens with one attached hydrogen (secondary N) is 1. The molecule has 1 saturated carbocycles. The number of nitrogen functional groups attached to an aromatic ring is 1. The summed E-state index contributed by atoms with van der Waals surface area (Å²) < 4.78 is 12.5. The van der Waals surface area contributed by atoms with Gasteiger partial charge < -0.3 is 20.1 Å². The Morgan fingerprint density at radius 1 is 1.24 bits per heavy atom. The minimum atomic E-state index is -0.543. The number of nitrogens with two attached hydrogens (primary N) is 1. The first-order chi connectivity index (χ1) is 15.8. The fourth-order valence-electron chi connectivity index (χ4n) is 3.19. The van der Waals surface area contributed by atoms with E-state index >= 15 is 0 Å². The highest BCUT2D eigenvalue weighted by molar-refractivity contribution is 6.03. The summed E-state index contributed by atoms with van der Waals surface area (Å²) in [6.07, 6.45) is 4.16. The Morgan fingerprint density at radius 2 is 1.94 bits per heavy atom. The van der Waals surface area contributed by atoms with Crippen molar-refractivity contribution in [2.24, 2.45) is 0 Å². The third kappa shape index (κ3) is 4.40. The number of ether oxygens (including phenoxy) is 2. The maximum absolute atomic E-state index is 13.3. The van der Waals surface area contributed by atoms with Crippen LogP contribution in [0.15, 0.2) is 29.3 Å². The number of amides is 2. The molecule has 0 spiro atoms. The molecule has 0 atom stereocenters. The van der Waals surface area contributed by atoms with Crippen LogP contribution < -0.4 is 26.1 Å². The van der Waals surface area contributed by atoms with Crippen molar-refractivity contribution in [3.05, 3.63) is 40.4 Å². The molecule has 12 heteroatoms. The molecule has 1 aliphatic carbocycles. The lowest BCUT2D eigenvalue weighted by Gasteiger charge is -2.17. The van der Waals surface area contributed by atoms with Crippen LogP contribution in [0.4, 0.5) is 11.9 Å². The predicted molar refractivity (Wildman–Crippen MR) is 119 cm³/mol. The van der Waals surface area contributed by atoms with Crippen LogP contribution in [0.5, 0.6) is 11.5 Å². The van der Waals surface area contributed by atoms with Gasteiger partial charge >= 0.3 is 0 Å². The van der Waals surface area contributed by atoms with Gasteiger partial charge in [0.05, 0.1) is 18.1 Å². The highest BCUT2D eigenvalue weighted by atomic mass is 16.5. The van der Waals surface area contributed by atoms with Crippen LogP contribution in [0.25, 0.3) is 10.9 Å². The first-order valence-corrected chi connectivity index (χ1v) is 10.1. The molecule has 4 rings (SSSR count). The topological polar surface area (TPSA) is 155 Å². The van der Waals surface area contributed by atoms with Gasteiger partial charge in [-0.15, -0.1) is 0 Å². The molecule has 12 nitrogen and oxygen atoms in total. The Bertz CT molecular complexity index is 1280. The monoisotopic (exact) mass is 453 g/mol. The third-order valence-electron chi connectivity index (χ3n) is 5.12. The molecule has 0 aliphatic heterocycles. The SMILES string of the molecule is COc1c(OCC(=O)N(C)C)ccc2c(=O)n(C3CC3)c(NC(=O)c3cnc(N)nc3)nc12. The fourth-order valence-corrected chi connectivity index (χ4v) is 3.19. The van der Waals surface area contributed by atoms with Gasteiger partial charge in [0.15, 0.2) is 18.1 Å². The molecule has 33 heavy (non-hydrogen) atoms. The van der Waals surface area contributed by atoms with Gasteiger partial charge in [0.2, 0.25) is 11.9 Å². The average Bonchev–Trinajstić information content (AvgIpc) is 3.62. The zero-order valence-corrected chi connectivity index (χ0v) is 18.4. The zero-order chi connectivity index (χ0) is 23.7. The highest BCUT2D eigenvalue weighted by Crippen LogP contribution is 2.38. The molecule has 0 saturated heterocycles. The predicted octanol–water partition coefficient (Wildman–Crippen LogP) is 0.831. The van der Waals surface area contributed by atoms with Crippen molar-refractivity contribution in [1.29, 1.82) is 0 Å². The first-order valence-electron chi connectivity index (χ1n) is 10.1. The number of benzene rings is 1. The number of carbonyl (C=O) groups excluding carboxylic acids is 2. The van der Waals surface area contributed by atoms with E-state index in [2.05, 4.69) is 20.3 Å². The summed E-state index contributed by atoms with van der Waals surface area (Å²) in [7, 11) is 4.64. The second-order valence-electron chi connectivity index (χ2n) is 7.70. The Kier molecular flexibility index (Phi) is 5.82. The van der Waals surface area contributed by atoms with Crippen molar-refractivity contribution in [3.63, 3.8) is 0 Å². The lowest BCUT2D eigenvalue weighted by Crippen LogP contribution is -2.28. The van der Waals surface area contributed by atoms with E-state index in [4.69, 9.17) is 15.2 Å². The molecular formula is C21H23N7O5. The smallest absolute Gasteiger partial charge is 0.263 e. The Hall–Kier alpha value is -4.22. The highest BCUT2D eigenvalue weighted by Gasteiger charge is 2.30. The largest absolute Gasteiger partial charge is 0.491 e. The zero-order valence-electron chi connectivity index (χ0n) is 18.4. The lowest BCUT2D eigenvalue weighted by molar-refractivity contribution is -0.130. The normalized spacial score (nSPS) is 12.9. The number of hydrogen-bond acceptors (Lipinski definition) is 9. The molecule has 3 aromatic rings. The van der Waals surface area contributed by atoms with Crippen LogP contribution in [-0.4, -0.2) is 64.0 Å². The Morgan fingerprint density at radius 3 is 2.55 bits per heavy atom. The molecule has 1 aromatic carbocycles. The minimum Gasteiger partial charge on any atom is -0.491 e. The van der Waals surface area contributed by atoms with Crippen LogP contribution in [0.1, 0.15) is 29.2 Å². The van der Waals surface area contributed by atoms with Gasteiger partial charge in [0.25, 0.3) is 17.4 Å². The molecule has 0 unspecified atom stereocenters. The molecule has 1 aliphatic rings. The summed E-state index contributed by atoms with van der Waals surface area (Å²) in [5, 5.41) is 2.98. The van der Waals surface area contributed by atoms with Gasteiger partial charge in [-0.3, -0.25) is 24.3 Å². The number of aromatic nitrogens is 4. The first kappa shape index (κ1) is 22.0. The van der Waals surface area contributed by atoms with Crippen molar-refractivity contribution in [2.45, 2.75) is 18.9 Å². The summed E-state index contributed by atoms with van der Waals surface area (Å²) in [6.45, 7) is -0.214. The standard InChI is InChI=1S/C21H23N7O5/c1-27(2)15(29)10-33-14-7-6-13-16(17(14)32-3)25-21(28(19(13)31)12-4-5-12)26-18(30)11-8-23-20(22)24-9-11/h6-9,12H,4-5,10H2,1-3H3,(H2,22,23,24)(H,25,26,30). The summed E-state index contributed by atoms with van der Waals surface area (Å²) in [5.74, 6) is -0.246. The van der Waals surface area contributed by atoms with Crippen molar-refractivity contribution < 1.29 is 19.1 Å². The average molecular weight is 453 g/mol. The van der Waals surface area contributed by atoms with E-state index in [9.17, 15) is 14.4 Å². The van der Waals surface area contributed by atoms with Crippen molar-refractivity contribution in [1.82, 2.24) is 24.4 Å². The Labute approximate surface area is 188 Å². The van der Waals surface area contributed by atoms with Crippen LogP contribution in [0.2, 0.25) is 0 Å². The molecule has 2 aromatic heterocycles. The number of carbonyl (C=O) groups is 2. The molecule has 2 heterocycles. The third-order valence-corrected chi connectivity index (χ3v) is 5.12. The second-order valence-corrected chi connectivity index (χ2v) is 7.70. The number of fused-ring (bicyclic) bond motifs is 1. The van der Waals surface area contributed by atoms with Gasteiger partial charge in [0.1, 0.15) is 5.52 Å². The number of nitrogens with zero attached hydrogens (tertiary/aromatic N) is 5. The summed E-state index contributed by atoms with van der Waals surface area (Å²) in [5.41, 5.74) is 5.53. The van der Waals surface area contributed by atoms with Crippen LogP contribution >= 0.6 is 0 Å². The van der Waals surface area contributed by atoms with E-state index in [0.29, 0.717) is 5.39 Å². The van der Waals surface area contributed by atoms with Crippen LogP contribution in [0, 0.1) is 0 Å². The molecule has 172 valence electrons. The van der Waals surface area contributed by atoms with E-state index < -0.39 is 5.91 Å². The summed E-state index contributed by atoms with van der Waals surface area (Å²) in [4.78, 5) is 51.5. The van der Waals surface area contributed by atoms with Gasteiger partial charge in [0, 0.05) is 32.5 Å². The van der Waals surface area contributed by atoms with Gasteiger partial charge in [-0.2, -0.15) is 0 Å². The number of rotatable bonds is 7. The number of likely N-dealkylation sites (N-methyl/N-ethyl adjacent to an activating group) is 1. The minimum absolute atomic E-state index is 0.0373. The van der Waals surface area contributed by atoms with Crippen LogP contribution in [0.3, 0.4) is 0 Å². The number of hydrogen-bond donors (Lipinski definition) is 2. The van der Waals surface area contributed by atoms with Gasteiger partial charge in [-0.05, 0) is 25.0 Å². The van der Waals surface area contributed by atoms with Crippen LogP contribution in [-0.2, 0) is 4.79 Å². The maximum Gasteiger partial charge on any atom is 0.263 e. The van der Waals surface area contributed by atoms with E-state index in [1.54, 1.807) is 26.2 Å². The van der Waals surface area contributed by atoms with Crippen molar-refractivity contribution in [3.8, 4) is 11.5 Å². The maximum atomic E-state index is 13.3. The van der Waals surface area contributed by atoms with Crippen molar-refractivity contribution >= 4 is 34.6 Å². The molecule has 2 amide bonds. The van der Waals surface area contributed by atoms with Crippen molar-refractivity contribution in [2.75, 3.05) is 38.9 Å². The van der Waals surface area contributed by atoms with E-state index in [-0.39, 0.29) is 58.6 Å². The summed E-state index contributed by atoms with van der Waals surface area (Å²) >= 11 is 0. The second kappa shape index (κ2) is 8.73. The van der Waals surface area contributed by atoms with Gasteiger partial charge in [-0.25, -0.2) is 15.0 Å². The summed E-state index contributed by atoms with van der Waals surface area (Å²) in [6, 6.07) is 3.07. The molecule has 0 bridgehead atoms. The molecular weight excluding hydrogens is 430 g/mol. The number of anilines is 2. The number of methoxy groups -OCH3 is 1. The van der Waals surface area contributed by atoms with Gasteiger partial charge in [-0.1, -0.05) is 0 Å². The lowest BCUT2D eigenvalue weighted by atomic mass is 10.2. The molecule has 0 radical (unpaired) electrons. The molecule has 3 N–H and O–H groups in total. The quantitative estimate of drug-likeness (QED) is 0.529. The molecule has 1 fully saturated rings. The van der Waals surface area contributed by atoms with E-state index in [1.165, 1.54) is 29.0 Å². The fraction of sp³-hybridized carbons (Fsp3) is 0.333. The van der Waals surface area contributed by atoms with E-state index in [0.717, 1.165) is 12.8 Å².